The number of nitrogens with zero attached hydrogens (tertiary/aromatic N) is 1. The Morgan fingerprint density at radius 3 is 2.48 bits per heavy atom. The zero-order chi connectivity index (χ0) is 15.5. The second-order valence-electron chi connectivity index (χ2n) is 6.53. The van der Waals surface area contributed by atoms with Gasteiger partial charge >= 0.3 is 0 Å². The summed E-state index contributed by atoms with van der Waals surface area (Å²) >= 11 is 0. The van der Waals surface area contributed by atoms with Gasteiger partial charge in [0.05, 0.1) is 4.90 Å². The zero-order valence-electron chi connectivity index (χ0n) is 13.2. The smallest absolute Gasteiger partial charge is 0.243 e. The van der Waals surface area contributed by atoms with Crippen molar-refractivity contribution >= 4 is 10.0 Å². The first kappa shape index (κ1) is 16.5. The van der Waals surface area contributed by atoms with E-state index in [1.54, 1.807) is 16.4 Å². The Bertz CT molecular complexity index is 564. The molecule has 1 aromatic carbocycles. The highest BCUT2D eigenvalue weighted by molar-refractivity contribution is 7.89. The maximum absolute atomic E-state index is 12.7. The fraction of sp³-hybridized carbons (Fsp3) is 0.625. The van der Waals surface area contributed by atoms with Gasteiger partial charge in [0.1, 0.15) is 0 Å². The van der Waals surface area contributed by atoms with Gasteiger partial charge in [-0.3, -0.25) is 0 Å². The van der Waals surface area contributed by atoms with Crippen LogP contribution in [0.25, 0.3) is 0 Å². The minimum atomic E-state index is -3.36. The molecular weight excluding hydrogens is 284 g/mol. The van der Waals surface area contributed by atoms with Crippen LogP contribution < -0.4 is 5.32 Å². The Balaban J connectivity index is 2.15. The van der Waals surface area contributed by atoms with Crippen LogP contribution in [0.2, 0.25) is 0 Å². The number of piperidine rings is 1. The molecule has 5 heteroatoms. The van der Waals surface area contributed by atoms with Gasteiger partial charge in [-0.2, -0.15) is 4.31 Å². The minimum absolute atomic E-state index is 0.0658. The van der Waals surface area contributed by atoms with Crippen molar-refractivity contribution in [3.8, 4) is 0 Å². The number of hydrogen-bond acceptors (Lipinski definition) is 3. The van der Waals surface area contributed by atoms with Gasteiger partial charge in [0.2, 0.25) is 10.0 Å². The van der Waals surface area contributed by atoms with Gasteiger partial charge in [0.25, 0.3) is 0 Å². The number of sulfonamides is 1. The molecule has 118 valence electrons. The van der Waals surface area contributed by atoms with Crippen LogP contribution in [0.4, 0.5) is 0 Å². The lowest BCUT2D eigenvalue weighted by Crippen LogP contribution is -2.43. The van der Waals surface area contributed by atoms with Gasteiger partial charge in [-0.05, 0) is 42.5 Å². The molecule has 0 aromatic heterocycles. The van der Waals surface area contributed by atoms with E-state index in [9.17, 15) is 8.42 Å². The molecule has 1 aromatic rings. The van der Waals surface area contributed by atoms with Crippen molar-refractivity contribution in [3.63, 3.8) is 0 Å². The molecule has 4 nitrogen and oxygen atoms in total. The maximum atomic E-state index is 12.7. The average Bonchev–Trinajstić information content (AvgIpc) is 2.44. The molecule has 1 fully saturated rings. The molecule has 0 spiro atoms. The van der Waals surface area contributed by atoms with Crippen LogP contribution in [0.1, 0.15) is 39.2 Å². The lowest BCUT2D eigenvalue weighted by Gasteiger charge is -2.37. The van der Waals surface area contributed by atoms with Crippen LogP contribution >= 0.6 is 0 Å². The number of rotatable bonds is 5. The lowest BCUT2D eigenvalue weighted by atomic mass is 9.85. The quantitative estimate of drug-likeness (QED) is 0.909. The number of nitrogens with one attached hydrogen (secondary N) is 1. The van der Waals surface area contributed by atoms with Gasteiger partial charge in [-0.1, -0.05) is 32.9 Å². The van der Waals surface area contributed by atoms with E-state index in [-0.39, 0.29) is 5.41 Å². The van der Waals surface area contributed by atoms with E-state index in [0.717, 1.165) is 31.5 Å². The predicted octanol–water partition coefficient (Wildman–Crippen LogP) is 2.61. The largest absolute Gasteiger partial charge is 0.313 e. The third-order valence-electron chi connectivity index (χ3n) is 4.01. The number of hydrogen-bond donors (Lipinski definition) is 1. The van der Waals surface area contributed by atoms with E-state index in [2.05, 4.69) is 26.1 Å². The van der Waals surface area contributed by atoms with E-state index in [0.29, 0.717) is 18.0 Å². The molecule has 2 rings (SSSR count). The minimum Gasteiger partial charge on any atom is -0.313 e. The molecule has 0 aliphatic carbocycles. The van der Waals surface area contributed by atoms with E-state index in [1.807, 2.05) is 12.1 Å². The summed E-state index contributed by atoms with van der Waals surface area (Å²) in [4.78, 5) is 0.403. The van der Waals surface area contributed by atoms with Crippen LogP contribution in [-0.2, 0) is 16.6 Å². The Kier molecular flexibility index (Phi) is 5.07. The first-order valence-electron chi connectivity index (χ1n) is 7.65. The van der Waals surface area contributed by atoms with Gasteiger partial charge in [-0.15, -0.1) is 0 Å². The molecule has 0 bridgehead atoms. The highest BCUT2D eigenvalue weighted by Gasteiger charge is 2.33. The SMILES string of the molecule is CCNCc1ccc(S(=O)(=O)N2CCCC(C)(C)C2)cc1. The van der Waals surface area contributed by atoms with Crippen LogP contribution in [-0.4, -0.2) is 32.4 Å². The molecule has 21 heavy (non-hydrogen) atoms. The number of benzene rings is 1. The third-order valence-corrected chi connectivity index (χ3v) is 5.87. The molecule has 1 aliphatic heterocycles. The fourth-order valence-corrected chi connectivity index (χ4v) is 4.44. The molecule has 1 aliphatic rings. The summed E-state index contributed by atoms with van der Waals surface area (Å²) in [5, 5.41) is 3.24. The first-order chi connectivity index (χ1) is 9.85. The van der Waals surface area contributed by atoms with E-state index < -0.39 is 10.0 Å². The highest BCUT2D eigenvalue weighted by Crippen LogP contribution is 2.31. The predicted molar refractivity (Wildman–Crippen MR) is 85.6 cm³/mol. The summed E-state index contributed by atoms with van der Waals surface area (Å²) in [7, 11) is -3.36. The second kappa shape index (κ2) is 6.46. The van der Waals surface area contributed by atoms with E-state index in [4.69, 9.17) is 0 Å². The topological polar surface area (TPSA) is 49.4 Å². The Hall–Kier alpha value is -0.910. The normalized spacial score (nSPS) is 19.6. The maximum Gasteiger partial charge on any atom is 0.243 e. The van der Waals surface area contributed by atoms with Crippen molar-refractivity contribution in [2.24, 2.45) is 5.41 Å². The summed E-state index contributed by atoms with van der Waals surface area (Å²) in [6.07, 6.45) is 2.02. The molecule has 1 N–H and O–H groups in total. The van der Waals surface area contributed by atoms with Crippen LogP contribution in [0, 0.1) is 5.41 Å². The van der Waals surface area contributed by atoms with Gasteiger partial charge in [-0.25, -0.2) is 8.42 Å². The van der Waals surface area contributed by atoms with E-state index in [1.165, 1.54) is 0 Å². The molecule has 1 heterocycles. The molecule has 0 saturated carbocycles. The van der Waals surface area contributed by atoms with Gasteiger partial charge in [0, 0.05) is 19.6 Å². The molecule has 0 amide bonds. The third kappa shape index (κ3) is 4.05. The summed E-state index contributed by atoms with van der Waals surface area (Å²) < 4.78 is 27.1. The first-order valence-corrected chi connectivity index (χ1v) is 9.09. The monoisotopic (exact) mass is 310 g/mol. The molecular formula is C16H26N2O2S. The zero-order valence-corrected chi connectivity index (χ0v) is 14.0. The van der Waals surface area contributed by atoms with Crippen LogP contribution in [0.5, 0.6) is 0 Å². The lowest BCUT2D eigenvalue weighted by molar-refractivity contribution is 0.187. The van der Waals surface area contributed by atoms with Gasteiger partial charge in [0.15, 0.2) is 0 Å². The molecule has 1 saturated heterocycles. The summed E-state index contributed by atoms with van der Waals surface area (Å²) in [5.41, 5.74) is 1.17. The van der Waals surface area contributed by atoms with Crippen LogP contribution in [0.3, 0.4) is 0 Å². The Morgan fingerprint density at radius 1 is 1.24 bits per heavy atom. The Labute approximate surface area is 128 Å². The summed E-state index contributed by atoms with van der Waals surface area (Å²) in [5.74, 6) is 0. The fourth-order valence-electron chi connectivity index (χ4n) is 2.77. The van der Waals surface area contributed by atoms with Crippen molar-refractivity contribution < 1.29 is 8.42 Å². The summed E-state index contributed by atoms with van der Waals surface area (Å²) in [6.45, 7) is 9.23. The van der Waals surface area contributed by atoms with Crippen molar-refractivity contribution in [1.82, 2.24) is 9.62 Å². The Morgan fingerprint density at radius 2 is 1.90 bits per heavy atom. The highest BCUT2D eigenvalue weighted by atomic mass is 32.2. The van der Waals surface area contributed by atoms with E-state index >= 15 is 0 Å². The second-order valence-corrected chi connectivity index (χ2v) is 8.47. The molecule has 0 unspecified atom stereocenters. The molecule has 0 atom stereocenters. The van der Waals surface area contributed by atoms with Crippen molar-refractivity contribution in [2.75, 3.05) is 19.6 Å². The van der Waals surface area contributed by atoms with Gasteiger partial charge < -0.3 is 5.32 Å². The average molecular weight is 310 g/mol. The van der Waals surface area contributed by atoms with Crippen molar-refractivity contribution in [1.29, 1.82) is 0 Å². The van der Waals surface area contributed by atoms with Crippen molar-refractivity contribution in [3.05, 3.63) is 29.8 Å². The summed E-state index contributed by atoms with van der Waals surface area (Å²) in [6, 6.07) is 7.24. The van der Waals surface area contributed by atoms with Crippen LogP contribution in [0.15, 0.2) is 29.2 Å². The van der Waals surface area contributed by atoms with Crippen molar-refractivity contribution in [2.45, 2.75) is 45.1 Å². The molecule has 0 radical (unpaired) electrons. The standard InChI is InChI=1S/C16H26N2O2S/c1-4-17-12-14-6-8-15(9-7-14)21(19,20)18-11-5-10-16(2,3)13-18/h6-9,17H,4-5,10-13H2,1-3H3.